The van der Waals surface area contributed by atoms with Gasteiger partial charge in [0.1, 0.15) is 5.82 Å². The molecule has 0 fully saturated rings. The molecule has 0 radical (unpaired) electrons. The summed E-state index contributed by atoms with van der Waals surface area (Å²) in [6, 6.07) is 11.1. The van der Waals surface area contributed by atoms with Crippen LogP contribution in [0.3, 0.4) is 0 Å². The molecule has 2 aromatic carbocycles. The standard InChI is InChI=1S/C23H27ClN4O2/c1-4-5-10-28(13-20-25-19-9-7-6-8-17(19)23(30)26-20)14-21(29)27-22-16(3)11-15(2)12-18(22)24/h6-9,11-12H,4-5,10,13-14H2,1-3H3,(H,27,29)(H,25,26,30). The van der Waals surface area contributed by atoms with Gasteiger partial charge >= 0.3 is 0 Å². The van der Waals surface area contributed by atoms with Crippen molar-refractivity contribution in [3.05, 3.63) is 68.7 Å². The Balaban J connectivity index is 1.76. The van der Waals surface area contributed by atoms with Crippen LogP contribution < -0.4 is 10.9 Å². The van der Waals surface area contributed by atoms with Gasteiger partial charge in [0.05, 0.1) is 34.7 Å². The maximum absolute atomic E-state index is 12.7. The Hall–Kier alpha value is -2.70. The Kier molecular flexibility index (Phi) is 7.24. The van der Waals surface area contributed by atoms with Crippen molar-refractivity contribution >= 4 is 34.1 Å². The summed E-state index contributed by atoms with van der Waals surface area (Å²) in [5, 5.41) is 4.02. The molecule has 0 unspecified atom stereocenters. The van der Waals surface area contributed by atoms with Crippen molar-refractivity contribution in [1.82, 2.24) is 14.9 Å². The zero-order valence-electron chi connectivity index (χ0n) is 17.6. The van der Waals surface area contributed by atoms with E-state index in [1.54, 1.807) is 6.07 Å². The third-order valence-corrected chi connectivity index (χ3v) is 5.22. The van der Waals surface area contributed by atoms with Crippen molar-refractivity contribution in [3.63, 3.8) is 0 Å². The first kappa shape index (κ1) is 22.0. The van der Waals surface area contributed by atoms with E-state index < -0.39 is 0 Å². The number of hydrogen-bond acceptors (Lipinski definition) is 4. The number of rotatable bonds is 8. The molecule has 3 rings (SSSR count). The third-order valence-electron chi connectivity index (χ3n) is 4.93. The molecule has 158 valence electrons. The van der Waals surface area contributed by atoms with Gasteiger partial charge in [-0.1, -0.05) is 43.1 Å². The number of nitrogens with zero attached hydrogens (tertiary/aromatic N) is 2. The number of amides is 1. The van der Waals surface area contributed by atoms with Crippen LogP contribution in [0.2, 0.25) is 5.02 Å². The number of nitrogens with one attached hydrogen (secondary N) is 2. The number of hydrogen-bond donors (Lipinski definition) is 2. The van der Waals surface area contributed by atoms with Crippen molar-refractivity contribution in [1.29, 1.82) is 0 Å². The lowest BCUT2D eigenvalue weighted by atomic mass is 10.1. The van der Waals surface area contributed by atoms with E-state index in [9.17, 15) is 9.59 Å². The number of fused-ring (bicyclic) bond motifs is 1. The Labute approximate surface area is 181 Å². The van der Waals surface area contributed by atoms with Gasteiger partial charge in [-0.25, -0.2) is 4.98 Å². The number of benzene rings is 2. The summed E-state index contributed by atoms with van der Waals surface area (Å²) in [5.41, 5.74) is 3.09. The van der Waals surface area contributed by atoms with Crippen LogP contribution in [0.25, 0.3) is 10.9 Å². The van der Waals surface area contributed by atoms with Gasteiger partial charge in [0, 0.05) is 0 Å². The highest BCUT2D eigenvalue weighted by molar-refractivity contribution is 6.34. The number of aromatic amines is 1. The fourth-order valence-electron chi connectivity index (χ4n) is 3.47. The van der Waals surface area contributed by atoms with Gasteiger partial charge < -0.3 is 10.3 Å². The van der Waals surface area contributed by atoms with Crippen LogP contribution in [0, 0.1) is 13.8 Å². The van der Waals surface area contributed by atoms with E-state index in [-0.39, 0.29) is 18.0 Å². The predicted octanol–water partition coefficient (Wildman–Crippen LogP) is 4.43. The molecule has 0 atom stereocenters. The zero-order chi connectivity index (χ0) is 21.7. The second-order valence-corrected chi connectivity index (χ2v) is 7.99. The summed E-state index contributed by atoms with van der Waals surface area (Å²) >= 11 is 6.32. The first-order chi connectivity index (χ1) is 14.4. The molecule has 0 saturated carbocycles. The van der Waals surface area contributed by atoms with Gasteiger partial charge in [-0.2, -0.15) is 0 Å². The van der Waals surface area contributed by atoms with E-state index in [1.165, 1.54) is 0 Å². The summed E-state index contributed by atoms with van der Waals surface area (Å²) < 4.78 is 0. The normalized spacial score (nSPS) is 11.2. The number of para-hydroxylation sites is 1. The maximum atomic E-state index is 12.7. The van der Waals surface area contributed by atoms with E-state index in [4.69, 9.17) is 11.6 Å². The zero-order valence-corrected chi connectivity index (χ0v) is 18.3. The summed E-state index contributed by atoms with van der Waals surface area (Å²) in [4.78, 5) is 34.5. The van der Waals surface area contributed by atoms with Gasteiger partial charge in [-0.15, -0.1) is 0 Å². The van der Waals surface area contributed by atoms with Crippen LogP contribution in [0.1, 0.15) is 36.7 Å². The van der Waals surface area contributed by atoms with Crippen LogP contribution in [-0.2, 0) is 11.3 Å². The number of unbranched alkanes of at least 4 members (excludes halogenated alkanes) is 1. The molecule has 7 heteroatoms. The average molecular weight is 427 g/mol. The molecule has 6 nitrogen and oxygen atoms in total. The number of anilines is 1. The quantitative estimate of drug-likeness (QED) is 0.558. The minimum Gasteiger partial charge on any atom is -0.323 e. The van der Waals surface area contributed by atoms with Crippen molar-refractivity contribution in [2.75, 3.05) is 18.4 Å². The number of aromatic nitrogens is 2. The van der Waals surface area contributed by atoms with Crippen molar-refractivity contribution in [3.8, 4) is 0 Å². The van der Waals surface area contributed by atoms with Gasteiger partial charge in [0.25, 0.3) is 5.56 Å². The maximum Gasteiger partial charge on any atom is 0.258 e. The molecule has 3 aromatic rings. The first-order valence-electron chi connectivity index (χ1n) is 10.1. The van der Waals surface area contributed by atoms with Crippen LogP contribution in [0.15, 0.2) is 41.2 Å². The van der Waals surface area contributed by atoms with Gasteiger partial charge in [-0.05, 0) is 56.1 Å². The molecule has 2 N–H and O–H groups in total. The number of carbonyl (C=O) groups excluding carboxylic acids is 1. The molecule has 30 heavy (non-hydrogen) atoms. The Morgan fingerprint density at radius 3 is 2.73 bits per heavy atom. The fraction of sp³-hybridized carbons (Fsp3) is 0.348. The number of carbonyl (C=O) groups is 1. The molecule has 0 spiro atoms. The van der Waals surface area contributed by atoms with E-state index in [0.29, 0.717) is 34.0 Å². The second kappa shape index (κ2) is 9.87. The molecule has 1 aromatic heterocycles. The predicted molar refractivity (Wildman–Crippen MR) is 122 cm³/mol. The molecule has 1 heterocycles. The lowest BCUT2D eigenvalue weighted by Gasteiger charge is -2.22. The number of halogens is 1. The molecule has 0 aliphatic heterocycles. The highest BCUT2D eigenvalue weighted by Gasteiger charge is 2.15. The molecule has 1 amide bonds. The average Bonchev–Trinajstić information content (AvgIpc) is 2.69. The Morgan fingerprint density at radius 2 is 2.00 bits per heavy atom. The fourth-order valence-corrected chi connectivity index (χ4v) is 3.84. The Bertz CT molecular complexity index is 1090. The second-order valence-electron chi connectivity index (χ2n) is 7.58. The summed E-state index contributed by atoms with van der Waals surface area (Å²) in [5.74, 6) is 0.398. The van der Waals surface area contributed by atoms with Gasteiger partial charge in [0.15, 0.2) is 0 Å². The third kappa shape index (κ3) is 5.46. The monoisotopic (exact) mass is 426 g/mol. The van der Waals surface area contributed by atoms with E-state index in [0.717, 1.165) is 30.5 Å². The molecule has 0 aliphatic rings. The number of aryl methyl sites for hydroxylation is 2. The van der Waals surface area contributed by atoms with Crippen molar-refractivity contribution < 1.29 is 4.79 Å². The topological polar surface area (TPSA) is 78.1 Å². The summed E-state index contributed by atoms with van der Waals surface area (Å²) in [6.45, 7) is 7.28. The highest BCUT2D eigenvalue weighted by atomic mass is 35.5. The molecule has 0 aliphatic carbocycles. The van der Waals surface area contributed by atoms with E-state index >= 15 is 0 Å². The Morgan fingerprint density at radius 1 is 1.23 bits per heavy atom. The van der Waals surface area contributed by atoms with Gasteiger partial charge in [0.2, 0.25) is 5.91 Å². The molecular weight excluding hydrogens is 400 g/mol. The van der Waals surface area contributed by atoms with Crippen LogP contribution >= 0.6 is 11.6 Å². The summed E-state index contributed by atoms with van der Waals surface area (Å²) in [7, 11) is 0. The smallest absolute Gasteiger partial charge is 0.258 e. The van der Waals surface area contributed by atoms with Crippen LogP contribution in [-0.4, -0.2) is 33.9 Å². The minimum absolute atomic E-state index is 0.150. The van der Waals surface area contributed by atoms with Crippen molar-refractivity contribution in [2.24, 2.45) is 0 Å². The summed E-state index contributed by atoms with van der Waals surface area (Å²) in [6.07, 6.45) is 1.94. The molecular formula is C23H27ClN4O2. The highest BCUT2D eigenvalue weighted by Crippen LogP contribution is 2.27. The first-order valence-corrected chi connectivity index (χ1v) is 10.5. The number of H-pyrrole nitrogens is 1. The van der Waals surface area contributed by atoms with E-state index in [2.05, 4.69) is 22.2 Å². The minimum atomic E-state index is -0.169. The lowest BCUT2D eigenvalue weighted by molar-refractivity contribution is -0.117. The van der Waals surface area contributed by atoms with Crippen LogP contribution in [0.5, 0.6) is 0 Å². The molecule has 0 bridgehead atoms. The largest absolute Gasteiger partial charge is 0.323 e. The van der Waals surface area contributed by atoms with Gasteiger partial charge in [-0.3, -0.25) is 14.5 Å². The van der Waals surface area contributed by atoms with Crippen molar-refractivity contribution in [2.45, 2.75) is 40.2 Å². The SMILES string of the molecule is CCCCN(CC(=O)Nc1c(C)cc(C)cc1Cl)Cc1nc2ccccc2c(=O)[nH]1. The lowest BCUT2D eigenvalue weighted by Crippen LogP contribution is -2.35. The van der Waals surface area contributed by atoms with E-state index in [1.807, 2.05) is 49.1 Å². The van der Waals surface area contributed by atoms with Crippen LogP contribution in [0.4, 0.5) is 5.69 Å². The molecule has 0 saturated heterocycles.